The summed E-state index contributed by atoms with van der Waals surface area (Å²) in [6, 6.07) is 15.5. The van der Waals surface area contributed by atoms with E-state index in [1.165, 1.54) is 0 Å². The number of hydrogen-bond acceptors (Lipinski definition) is 3. The molecule has 2 aromatic carbocycles. The van der Waals surface area contributed by atoms with Crippen molar-refractivity contribution < 1.29 is 14.2 Å². The molecule has 2 aromatic rings. The van der Waals surface area contributed by atoms with Crippen LogP contribution in [-0.4, -0.2) is 13.7 Å². The van der Waals surface area contributed by atoms with Crippen molar-refractivity contribution in [3.05, 3.63) is 54.1 Å². The predicted octanol–water partition coefficient (Wildman–Crippen LogP) is 5.05. The van der Waals surface area contributed by atoms with Gasteiger partial charge < -0.3 is 14.2 Å². The fraction of sp³-hybridized carbons (Fsp3) is 0.368. The Kier molecular flexibility index (Phi) is 5.45. The maximum atomic E-state index is 5.85. The van der Waals surface area contributed by atoms with Crippen molar-refractivity contribution in [2.75, 3.05) is 13.7 Å². The lowest BCUT2D eigenvalue weighted by Crippen LogP contribution is -2.14. The Hall–Kier alpha value is -2.00. The average molecular weight is 300 g/mol. The van der Waals surface area contributed by atoms with Gasteiger partial charge in [-0.05, 0) is 47.4 Å². The number of rotatable bonds is 6. The van der Waals surface area contributed by atoms with Gasteiger partial charge in [0.2, 0.25) is 0 Å². The summed E-state index contributed by atoms with van der Waals surface area (Å²) in [6.45, 7) is 7.82. The molecule has 0 unspecified atom stereocenters. The van der Waals surface area contributed by atoms with E-state index in [4.69, 9.17) is 14.2 Å². The first-order chi connectivity index (χ1) is 10.5. The maximum Gasteiger partial charge on any atom is 0.127 e. The first kappa shape index (κ1) is 16.4. The van der Waals surface area contributed by atoms with E-state index in [1.807, 2.05) is 48.5 Å². The molecule has 2 rings (SSSR count). The van der Waals surface area contributed by atoms with Gasteiger partial charge in [0.25, 0.3) is 0 Å². The van der Waals surface area contributed by atoms with Crippen LogP contribution in [0.3, 0.4) is 0 Å². The second-order valence-corrected chi connectivity index (χ2v) is 6.48. The molecule has 3 heteroatoms. The Balaban J connectivity index is 1.95. The van der Waals surface area contributed by atoms with Gasteiger partial charge in [0.05, 0.1) is 20.3 Å². The predicted molar refractivity (Wildman–Crippen MR) is 88.6 cm³/mol. The van der Waals surface area contributed by atoms with Crippen molar-refractivity contribution >= 4 is 0 Å². The average Bonchev–Trinajstić information content (AvgIpc) is 2.47. The molecular formula is C19H24O3. The molecule has 0 atom stereocenters. The highest BCUT2D eigenvalue weighted by atomic mass is 16.5. The van der Waals surface area contributed by atoms with Crippen molar-refractivity contribution in [2.45, 2.75) is 27.4 Å². The van der Waals surface area contributed by atoms with Crippen molar-refractivity contribution in [1.29, 1.82) is 0 Å². The van der Waals surface area contributed by atoms with Crippen LogP contribution in [0.1, 0.15) is 26.3 Å². The van der Waals surface area contributed by atoms with Gasteiger partial charge in [-0.2, -0.15) is 0 Å². The topological polar surface area (TPSA) is 27.7 Å². The summed E-state index contributed by atoms with van der Waals surface area (Å²) < 4.78 is 16.7. The largest absolute Gasteiger partial charge is 0.497 e. The monoisotopic (exact) mass is 300 g/mol. The molecule has 0 N–H and O–H groups in total. The van der Waals surface area contributed by atoms with Crippen LogP contribution in [0.25, 0.3) is 0 Å². The summed E-state index contributed by atoms with van der Waals surface area (Å²) >= 11 is 0. The second kappa shape index (κ2) is 7.32. The van der Waals surface area contributed by atoms with E-state index in [2.05, 4.69) is 20.8 Å². The number of benzene rings is 2. The second-order valence-electron chi connectivity index (χ2n) is 6.48. The van der Waals surface area contributed by atoms with Crippen molar-refractivity contribution in [3.63, 3.8) is 0 Å². The zero-order valence-corrected chi connectivity index (χ0v) is 13.8. The Morgan fingerprint density at radius 2 is 1.55 bits per heavy atom. The van der Waals surface area contributed by atoms with Gasteiger partial charge in [-0.1, -0.05) is 32.9 Å². The SMILES string of the molecule is COc1ccc(Oc2cccc(COCC(C)(C)C)c2)cc1. The third-order valence-corrected chi connectivity index (χ3v) is 3.00. The van der Waals surface area contributed by atoms with Crippen LogP contribution in [0.2, 0.25) is 0 Å². The first-order valence-corrected chi connectivity index (χ1v) is 7.45. The molecule has 0 aliphatic rings. The van der Waals surface area contributed by atoms with Crippen molar-refractivity contribution in [2.24, 2.45) is 5.41 Å². The highest BCUT2D eigenvalue weighted by Crippen LogP contribution is 2.25. The summed E-state index contributed by atoms with van der Waals surface area (Å²) in [6.07, 6.45) is 0. The highest BCUT2D eigenvalue weighted by molar-refractivity contribution is 5.36. The molecule has 0 aliphatic carbocycles. The normalized spacial score (nSPS) is 11.3. The summed E-state index contributed by atoms with van der Waals surface area (Å²) in [4.78, 5) is 0. The molecule has 0 amide bonds. The van der Waals surface area contributed by atoms with E-state index < -0.39 is 0 Å². The van der Waals surface area contributed by atoms with Gasteiger partial charge in [-0.3, -0.25) is 0 Å². The Morgan fingerprint density at radius 1 is 0.864 bits per heavy atom. The molecule has 3 nitrogen and oxygen atoms in total. The van der Waals surface area contributed by atoms with Crippen LogP contribution >= 0.6 is 0 Å². The summed E-state index contributed by atoms with van der Waals surface area (Å²) in [5.41, 5.74) is 1.28. The van der Waals surface area contributed by atoms with E-state index in [0.29, 0.717) is 6.61 Å². The van der Waals surface area contributed by atoms with Crippen molar-refractivity contribution in [1.82, 2.24) is 0 Å². The molecule has 0 fully saturated rings. The van der Waals surface area contributed by atoms with Gasteiger partial charge in [-0.15, -0.1) is 0 Å². The van der Waals surface area contributed by atoms with Crippen molar-refractivity contribution in [3.8, 4) is 17.2 Å². The van der Waals surface area contributed by atoms with Crippen LogP contribution in [-0.2, 0) is 11.3 Å². The Bertz CT molecular complexity index is 582. The molecule has 0 saturated heterocycles. The Labute approximate surface area is 132 Å². The minimum absolute atomic E-state index is 0.178. The van der Waals surface area contributed by atoms with Crippen LogP contribution in [0.4, 0.5) is 0 Å². The van der Waals surface area contributed by atoms with Crippen LogP contribution in [0.15, 0.2) is 48.5 Å². The van der Waals surface area contributed by atoms with Gasteiger partial charge in [0.15, 0.2) is 0 Å². The zero-order chi connectivity index (χ0) is 16.0. The standard InChI is InChI=1S/C19H24O3/c1-19(2,3)14-21-13-15-6-5-7-18(12-15)22-17-10-8-16(20-4)9-11-17/h5-12H,13-14H2,1-4H3. The summed E-state index contributed by atoms with van der Waals surface area (Å²) in [5.74, 6) is 2.41. The molecule has 0 heterocycles. The highest BCUT2D eigenvalue weighted by Gasteiger charge is 2.10. The maximum absolute atomic E-state index is 5.85. The van der Waals surface area contributed by atoms with Gasteiger partial charge in [0, 0.05) is 0 Å². The lowest BCUT2D eigenvalue weighted by atomic mass is 9.99. The number of hydrogen-bond donors (Lipinski definition) is 0. The first-order valence-electron chi connectivity index (χ1n) is 7.45. The van der Waals surface area contributed by atoms with Gasteiger partial charge in [0.1, 0.15) is 17.2 Å². The smallest absolute Gasteiger partial charge is 0.127 e. The minimum atomic E-state index is 0.178. The molecule has 118 valence electrons. The summed E-state index contributed by atoms with van der Waals surface area (Å²) in [5, 5.41) is 0. The van der Waals surface area contributed by atoms with Gasteiger partial charge >= 0.3 is 0 Å². The minimum Gasteiger partial charge on any atom is -0.497 e. The third-order valence-electron chi connectivity index (χ3n) is 3.00. The lowest BCUT2D eigenvalue weighted by Gasteiger charge is -2.18. The molecule has 22 heavy (non-hydrogen) atoms. The fourth-order valence-corrected chi connectivity index (χ4v) is 1.95. The molecule has 0 radical (unpaired) electrons. The summed E-state index contributed by atoms with van der Waals surface area (Å²) in [7, 11) is 1.65. The molecule has 0 spiro atoms. The van der Waals surface area contributed by atoms with E-state index in [-0.39, 0.29) is 5.41 Å². The molecular weight excluding hydrogens is 276 g/mol. The fourth-order valence-electron chi connectivity index (χ4n) is 1.95. The van der Waals surface area contributed by atoms with E-state index in [9.17, 15) is 0 Å². The molecule has 0 bridgehead atoms. The lowest BCUT2D eigenvalue weighted by molar-refractivity contribution is 0.0598. The van der Waals surface area contributed by atoms with E-state index in [1.54, 1.807) is 7.11 Å². The Morgan fingerprint density at radius 3 is 2.18 bits per heavy atom. The quantitative estimate of drug-likeness (QED) is 0.747. The molecule has 0 aromatic heterocycles. The van der Waals surface area contributed by atoms with E-state index >= 15 is 0 Å². The molecule has 0 aliphatic heterocycles. The van der Waals surface area contributed by atoms with Crippen LogP contribution in [0, 0.1) is 5.41 Å². The van der Waals surface area contributed by atoms with E-state index in [0.717, 1.165) is 29.4 Å². The van der Waals surface area contributed by atoms with Gasteiger partial charge in [-0.25, -0.2) is 0 Å². The van der Waals surface area contributed by atoms with Crippen LogP contribution in [0.5, 0.6) is 17.2 Å². The molecule has 0 saturated carbocycles. The third kappa shape index (κ3) is 5.41. The number of methoxy groups -OCH3 is 1. The van der Waals surface area contributed by atoms with Crippen LogP contribution < -0.4 is 9.47 Å². The zero-order valence-electron chi connectivity index (χ0n) is 13.8. The number of ether oxygens (including phenoxy) is 3.